The topological polar surface area (TPSA) is 165 Å². The van der Waals surface area contributed by atoms with Crippen molar-refractivity contribution in [3.05, 3.63) is 29.8 Å². The lowest BCUT2D eigenvalue weighted by Crippen LogP contribution is -2.55. The molecule has 40 heavy (non-hydrogen) atoms. The van der Waals surface area contributed by atoms with E-state index in [2.05, 4.69) is 32.6 Å². The number of amides is 3. The molecular weight excluding hydrogens is 522 g/mol. The summed E-state index contributed by atoms with van der Waals surface area (Å²) in [4.78, 5) is 47.0. The zero-order chi connectivity index (χ0) is 30.1. The van der Waals surface area contributed by atoms with E-state index in [9.17, 15) is 14.4 Å². The summed E-state index contributed by atoms with van der Waals surface area (Å²) in [6, 6.07) is 5.00. The Morgan fingerprint density at radius 1 is 0.900 bits per heavy atom. The zero-order valence-electron chi connectivity index (χ0n) is 24.5. The molecule has 1 aromatic carbocycles. The van der Waals surface area contributed by atoms with E-state index in [-0.39, 0.29) is 31.5 Å². The van der Waals surface area contributed by atoms with Gasteiger partial charge in [0.05, 0.1) is 0 Å². The van der Waals surface area contributed by atoms with E-state index in [0.29, 0.717) is 18.7 Å². The van der Waals surface area contributed by atoms with Crippen LogP contribution in [0.3, 0.4) is 0 Å². The highest BCUT2D eigenvalue weighted by Gasteiger charge is 2.29. The first-order valence-electron chi connectivity index (χ1n) is 13.7. The number of unbranched alkanes of at least 4 members (excludes halogenated alkanes) is 2. The molecule has 228 valence electrons. The normalized spacial score (nSPS) is 13.1. The molecule has 5 N–H and O–H groups in total. The number of nitrogens with one attached hydrogen (secondary N) is 3. The molecule has 0 aromatic heterocycles. The highest BCUT2D eigenvalue weighted by atomic mass is 17.1. The van der Waals surface area contributed by atoms with Gasteiger partial charge in [0.2, 0.25) is 11.8 Å². The molecule has 0 aliphatic heterocycles. The van der Waals surface area contributed by atoms with Gasteiger partial charge in [-0.3, -0.25) is 20.1 Å². The number of benzene rings is 1. The van der Waals surface area contributed by atoms with Crippen LogP contribution >= 0.6 is 0 Å². The van der Waals surface area contributed by atoms with E-state index in [4.69, 9.17) is 20.0 Å². The van der Waals surface area contributed by atoms with Gasteiger partial charge in [-0.15, -0.1) is 0 Å². The first kappa shape index (κ1) is 35.1. The molecule has 1 aromatic rings. The monoisotopic (exact) mass is 569 g/mol. The van der Waals surface area contributed by atoms with Crippen LogP contribution < -0.4 is 20.7 Å². The Balaban J connectivity index is 3.04. The van der Waals surface area contributed by atoms with Gasteiger partial charge in [-0.05, 0) is 57.2 Å². The summed E-state index contributed by atoms with van der Waals surface area (Å²) in [5, 5.41) is 25.7. The van der Waals surface area contributed by atoms with Crippen molar-refractivity contribution in [3.63, 3.8) is 0 Å². The van der Waals surface area contributed by atoms with Crippen molar-refractivity contribution in [1.29, 1.82) is 0 Å². The number of hydrogen-bond donors (Lipinski definition) is 5. The van der Waals surface area contributed by atoms with Crippen molar-refractivity contribution < 1.29 is 44.1 Å². The molecule has 2 unspecified atom stereocenters. The first-order valence-corrected chi connectivity index (χ1v) is 13.7. The third-order valence-corrected chi connectivity index (χ3v) is 5.61. The lowest BCUT2D eigenvalue weighted by Gasteiger charge is -2.26. The second kappa shape index (κ2) is 18.4. The maximum atomic E-state index is 13.3. The third kappa shape index (κ3) is 15.0. The molecule has 0 saturated carbocycles. The summed E-state index contributed by atoms with van der Waals surface area (Å²) in [5.74, 6) is -0.295. The predicted octanol–water partition coefficient (Wildman–Crippen LogP) is 3.69. The molecule has 0 spiro atoms. The fourth-order valence-corrected chi connectivity index (χ4v) is 3.76. The minimum atomic E-state index is -0.894. The Bertz CT molecular complexity index is 882. The standard InChI is InChI=1S/C28H47N3O9/c1-7-8-9-14-29-25(32)24(16-20-10-12-21(13-11-20)39-22(17-37-35)18-38-36)30-26(33)23(15-19(2)3)31-27(34)40-28(4,5)6/h10-13,19,22-24,35-36H,7-9,14-18H2,1-6H3,(H,29,32)(H,30,33)(H,31,34). The molecule has 3 amide bonds. The smallest absolute Gasteiger partial charge is 0.408 e. The Hall–Kier alpha value is -2.93. The van der Waals surface area contributed by atoms with Gasteiger partial charge in [-0.25, -0.2) is 14.6 Å². The van der Waals surface area contributed by atoms with Gasteiger partial charge in [0.1, 0.15) is 36.6 Å². The molecule has 12 heteroatoms. The summed E-state index contributed by atoms with van der Waals surface area (Å²) in [6.07, 6.45) is 1.89. The number of ether oxygens (including phenoxy) is 2. The maximum absolute atomic E-state index is 13.3. The number of alkyl carbamates (subject to hydrolysis) is 1. The van der Waals surface area contributed by atoms with E-state index in [1.165, 1.54) is 0 Å². The van der Waals surface area contributed by atoms with Crippen LogP contribution in [0.15, 0.2) is 24.3 Å². The van der Waals surface area contributed by atoms with Crippen LogP contribution in [0.5, 0.6) is 5.75 Å². The van der Waals surface area contributed by atoms with Crippen molar-refractivity contribution >= 4 is 17.9 Å². The first-order chi connectivity index (χ1) is 18.9. The highest BCUT2D eigenvalue weighted by molar-refractivity contribution is 5.91. The van der Waals surface area contributed by atoms with E-state index in [0.717, 1.165) is 24.8 Å². The fraction of sp³-hybridized carbons (Fsp3) is 0.679. The molecule has 0 aliphatic carbocycles. The molecule has 0 heterocycles. The summed E-state index contributed by atoms with van der Waals surface area (Å²) in [5.41, 5.74) is 0.0194. The second-order valence-corrected chi connectivity index (χ2v) is 11.1. The highest BCUT2D eigenvalue weighted by Crippen LogP contribution is 2.16. The van der Waals surface area contributed by atoms with Crippen LogP contribution in [-0.4, -0.2) is 72.0 Å². The van der Waals surface area contributed by atoms with Crippen LogP contribution in [0, 0.1) is 5.92 Å². The molecule has 0 bridgehead atoms. The molecule has 0 radical (unpaired) electrons. The van der Waals surface area contributed by atoms with Gasteiger partial charge in [0, 0.05) is 13.0 Å². The van der Waals surface area contributed by atoms with E-state index < -0.39 is 35.8 Å². The third-order valence-electron chi connectivity index (χ3n) is 5.61. The average molecular weight is 570 g/mol. The van der Waals surface area contributed by atoms with E-state index >= 15 is 0 Å². The summed E-state index contributed by atoms with van der Waals surface area (Å²) in [6.45, 7) is 11.2. The van der Waals surface area contributed by atoms with E-state index in [1.54, 1.807) is 45.0 Å². The van der Waals surface area contributed by atoms with Crippen LogP contribution in [0.4, 0.5) is 4.79 Å². The van der Waals surface area contributed by atoms with Gasteiger partial charge >= 0.3 is 6.09 Å². The second-order valence-electron chi connectivity index (χ2n) is 11.1. The van der Waals surface area contributed by atoms with Crippen LogP contribution in [0.1, 0.15) is 72.8 Å². The van der Waals surface area contributed by atoms with Crippen LogP contribution in [-0.2, 0) is 30.5 Å². The zero-order valence-corrected chi connectivity index (χ0v) is 24.5. The summed E-state index contributed by atoms with van der Waals surface area (Å²) in [7, 11) is 0. The molecule has 1 rings (SSSR count). The molecule has 2 atom stereocenters. The minimum Gasteiger partial charge on any atom is -0.485 e. The largest absolute Gasteiger partial charge is 0.485 e. The predicted molar refractivity (Wildman–Crippen MR) is 149 cm³/mol. The number of rotatable bonds is 18. The van der Waals surface area contributed by atoms with Gasteiger partial charge in [0.15, 0.2) is 6.10 Å². The summed E-state index contributed by atoms with van der Waals surface area (Å²) < 4.78 is 10.9. The van der Waals surface area contributed by atoms with Gasteiger partial charge < -0.3 is 25.4 Å². The van der Waals surface area contributed by atoms with Gasteiger partial charge in [0.25, 0.3) is 0 Å². The molecule has 0 saturated heterocycles. The lowest BCUT2D eigenvalue weighted by molar-refractivity contribution is -0.286. The lowest BCUT2D eigenvalue weighted by atomic mass is 10.0. The van der Waals surface area contributed by atoms with Crippen molar-refractivity contribution in [2.24, 2.45) is 5.92 Å². The Morgan fingerprint density at radius 2 is 1.52 bits per heavy atom. The summed E-state index contributed by atoms with van der Waals surface area (Å²) >= 11 is 0. The van der Waals surface area contributed by atoms with Crippen molar-refractivity contribution in [1.82, 2.24) is 16.0 Å². The molecular formula is C28H47N3O9. The van der Waals surface area contributed by atoms with Crippen molar-refractivity contribution in [3.8, 4) is 5.75 Å². The Morgan fingerprint density at radius 3 is 2.05 bits per heavy atom. The van der Waals surface area contributed by atoms with E-state index in [1.807, 2.05) is 13.8 Å². The van der Waals surface area contributed by atoms with Gasteiger partial charge in [-0.2, -0.15) is 0 Å². The molecule has 0 fully saturated rings. The number of carbonyl (C=O) groups excluding carboxylic acids is 3. The average Bonchev–Trinajstić information content (AvgIpc) is 2.85. The molecule has 12 nitrogen and oxygen atoms in total. The van der Waals surface area contributed by atoms with Crippen molar-refractivity contribution in [2.75, 3.05) is 19.8 Å². The Kier molecular flexibility index (Phi) is 16.2. The quantitative estimate of drug-likeness (QED) is 0.101. The SMILES string of the molecule is CCCCCNC(=O)C(Cc1ccc(OC(COO)COO)cc1)NC(=O)C(CC(C)C)NC(=O)OC(C)(C)C. The van der Waals surface area contributed by atoms with Crippen LogP contribution in [0.25, 0.3) is 0 Å². The van der Waals surface area contributed by atoms with Crippen LogP contribution in [0.2, 0.25) is 0 Å². The number of carbonyl (C=O) groups is 3. The van der Waals surface area contributed by atoms with Crippen molar-refractivity contribution in [2.45, 2.75) is 97.4 Å². The Labute approximate surface area is 236 Å². The number of hydrogen-bond acceptors (Lipinski definition) is 9. The van der Waals surface area contributed by atoms with Gasteiger partial charge in [-0.1, -0.05) is 45.7 Å². The molecule has 0 aliphatic rings. The maximum Gasteiger partial charge on any atom is 0.408 e. The minimum absolute atomic E-state index is 0.0934. The fourth-order valence-electron chi connectivity index (χ4n) is 3.76.